The number of amides is 2. The van der Waals surface area contributed by atoms with Crippen LogP contribution in [-0.4, -0.2) is 37.8 Å². The summed E-state index contributed by atoms with van der Waals surface area (Å²) in [6, 6.07) is 20.2. The zero-order valence-electron chi connectivity index (χ0n) is 23.2. The minimum absolute atomic E-state index is 0.180. The molecule has 3 aromatic carbocycles. The Labute approximate surface area is 230 Å². The molecule has 2 amide bonds. The third-order valence-electron chi connectivity index (χ3n) is 5.90. The average Bonchev–Trinajstić information content (AvgIpc) is 2.92. The third-order valence-corrected chi connectivity index (χ3v) is 5.90. The zero-order valence-corrected chi connectivity index (χ0v) is 23.2. The topological polar surface area (TPSA) is 98.2 Å². The molecule has 0 bridgehead atoms. The number of nitrogens with zero attached hydrogens (tertiary/aromatic N) is 1. The summed E-state index contributed by atoms with van der Waals surface area (Å²) < 4.78 is 17.0. The number of carbonyl (C=O) groups excluding carboxylic acids is 2. The molecule has 3 aromatic rings. The SMILES string of the molecule is COc1cc(/C=N\NC(=O)[C@H](CC(C)C)NC(=O)COc2ccccc2C)ccc1OCc1ccc(C)cc1. The van der Waals surface area contributed by atoms with E-state index in [0.717, 1.165) is 11.1 Å². The van der Waals surface area contributed by atoms with Crippen molar-refractivity contribution in [3.8, 4) is 17.2 Å². The fraction of sp³-hybridized carbons (Fsp3) is 0.323. The molecule has 0 heterocycles. The predicted molar refractivity (Wildman–Crippen MR) is 152 cm³/mol. The van der Waals surface area contributed by atoms with Crippen LogP contribution in [0.5, 0.6) is 17.2 Å². The van der Waals surface area contributed by atoms with E-state index in [2.05, 4.69) is 15.8 Å². The molecule has 0 fully saturated rings. The Morgan fingerprint density at radius 2 is 1.67 bits per heavy atom. The van der Waals surface area contributed by atoms with Gasteiger partial charge in [-0.1, -0.05) is 61.9 Å². The molecular formula is C31H37N3O5. The van der Waals surface area contributed by atoms with Crippen LogP contribution in [0.1, 0.15) is 42.5 Å². The minimum Gasteiger partial charge on any atom is -0.493 e. The summed E-state index contributed by atoms with van der Waals surface area (Å²) in [5.41, 5.74) is 6.42. The summed E-state index contributed by atoms with van der Waals surface area (Å²) in [4.78, 5) is 25.3. The Bertz CT molecular complexity index is 1270. The van der Waals surface area contributed by atoms with Crippen molar-refractivity contribution in [3.05, 3.63) is 89.0 Å². The second-order valence-corrected chi connectivity index (χ2v) is 9.72. The van der Waals surface area contributed by atoms with Gasteiger partial charge < -0.3 is 19.5 Å². The molecule has 0 aromatic heterocycles. The molecule has 206 valence electrons. The number of hydrazone groups is 1. The lowest BCUT2D eigenvalue weighted by atomic mass is 10.0. The number of methoxy groups -OCH3 is 1. The lowest BCUT2D eigenvalue weighted by molar-refractivity contribution is -0.130. The lowest BCUT2D eigenvalue weighted by Gasteiger charge is -2.19. The van der Waals surface area contributed by atoms with Crippen LogP contribution in [0.25, 0.3) is 0 Å². The van der Waals surface area contributed by atoms with E-state index >= 15 is 0 Å². The molecule has 0 aliphatic heterocycles. The Balaban J connectivity index is 1.56. The molecule has 0 saturated carbocycles. The van der Waals surface area contributed by atoms with Gasteiger partial charge in [0.15, 0.2) is 18.1 Å². The molecule has 1 atom stereocenters. The highest BCUT2D eigenvalue weighted by atomic mass is 16.5. The fourth-order valence-electron chi connectivity index (χ4n) is 3.78. The first-order valence-corrected chi connectivity index (χ1v) is 12.9. The van der Waals surface area contributed by atoms with Crippen molar-refractivity contribution >= 4 is 18.0 Å². The Hall–Kier alpha value is -4.33. The normalized spacial score (nSPS) is 11.7. The number of aryl methyl sites for hydroxylation is 2. The van der Waals surface area contributed by atoms with Crippen LogP contribution in [0.2, 0.25) is 0 Å². The standard InChI is InChI=1S/C31H37N3O5/c1-21(2)16-26(33-30(35)20-39-27-9-7-6-8-23(27)4)31(36)34-32-18-25-14-15-28(29(17-25)37-5)38-19-24-12-10-22(3)11-13-24/h6-15,17-18,21,26H,16,19-20H2,1-5H3,(H,33,35)(H,34,36)/b32-18-/t26-/m0/s1. The van der Waals surface area contributed by atoms with Gasteiger partial charge in [0.1, 0.15) is 18.4 Å². The van der Waals surface area contributed by atoms with Gasteiger partial charge in [-0.05, 0) is 67.1 Å². The smallest absolute Gasteiger partial charge is 0.262 e. The van der Waals surface area contributed by atoms with E-state index in [0.29, 0.717) is 35.8 Å². The van der Waals surface area contributed by atoms with Crippen LogP contribution in [0, 0.1) is 19.8 Å². The minimum atomic E-state index is -0.748. The second-order valence-electron chi connectivity index (χ2n) is 9.72. The van der Waals surface area contributed by atoms with Crippen molar-refractivity contribution in [2.45, 2.75) is 46.8 Å². The molecule has 3 rings (SSSR count). The van der Waals surface area contributed by atoms with Gasteiger partial charge in [0.25, 0.3) is 11.8 Å². The third kappa shape index (κ3) is 9.48. The number of para-hydroxylation sites is 1. The van der Waals surface area contributed by atoms with E-state index in [1.54, 1.807) is 25.3 Å². The summed E-state index contributed by atoms with van der Waals surface area (Å²) in [5.74, 6) is 1.18. The van der Waals surface area contributed by atoms with Crippen molar-refractivity contribution in [1.29, 1.82) is 0 Å². The highest BCUT2D eigenvalue weighted by Crippen LogP contribution is 2.28. The van der Waals surface area contributed by atoms with Crippen molar-refractivity contribution in [3.63, 3.8) is 0 Å². The van der Waals surface area contributed by atoms with E-state index in [4.69, 9.17) is 14.2 Å². The molecular weight excluding hydrogens is 494 g/mol. The maximum absolute atomic E-state index is 12.8. The van der Waals surface area contributed by atoms with Crippen LogP contribution < -0.4 is 25.0 Å². The van der Waals surface area contributed by atoms with Crippen molar-refractivity contribution < 1.29 is 23.8 Å². The summed E-state index contributed by atoms with van der Waals surface area (Å²) in [5, 5.41) is 6.84. The largest absolute Gasteiger partial charge is 0.493 e. The first-order valence-electron chi connectivity index (χ1n) is 12.9. The maximum atomic E-state index is 12.8. The number of hydrogen-bond donors (Lipinski definition) is 2. The summed E-state index contributed by atoms with van der Waals surface area (Å²) in [6.45, 7) is 8.14. The number of ether oxygens (including phenoxy) is 3. The first-order chi connectivity index (χ1) is 18.7. The predicted octanol–water partition coefficient (Wildman–Crippen LogP) is 4.95. The van der Waals surface area contributed by atoms with Gasteiger partial charge in [-0.3, -0.25) is 9.59 Å². The number of hydrogen-bond acceptors (Lipinski definition) is 6. The Morgan fingerprint density at radius 1 is 0.923 bits per heavy atom. The lowest BCUT2D eigenvalue weighted by Crippen LogP contribution is -2.47. The molecule has 0 saturated heterocycles. The quantitative estimate of drug-likeness (QED) is 0.240. The van der Waals surface area contributed by atoms with Gasteiger partial charge in [-0.2, -0.15) is 5.10 Å². The zero-order chi connectivity index (χ0) is 28.2. The fourth-order valence-corrected chi connectivity index (χ4v) is 3.78. The summed E-state index contributed by atoms with van der Waals surface area (Å²) >= 11 is 0. The Morgan fingerprint density at radius 3 is 2.36 bits per heavy atom. The highest BCUT2D eigenvalue weighted by molar-refractivity contribution is 5.89. The van der Waals surface area contributed by atoms with E-state index in [1.807, 2.05) is 76.2 Å². The maximum Gasteiger partial charge on any atom is 0.262 e. The van der Waals surface area contributed by atoms with Crippen molar-refractivity contribution in [1.82, 2.24) is 10.7 Å². The monoisotopic (exact) mass is 531 g/mol. The van der Waals surface area contributed by atoms with Gasteiger partial charge in [0, 0.05) is 0 Å². The molecule has 8 heteroatoms. The molecule has 0 unspecified atom stereocenters. The first kappa shape index (κ1) is 29.2. The molecule has 2 N–H and O–H groups in total. The summed E-state index contributed by atoms with van der Waals surface area (Å²) in [6.07, 6.45) is 1.97. The number of nitrogens with one attached hydrogen (secondary N) is 2. The van der Waals surface area contributed by atoms with Gasteiger partial charge in [-0.25, -0.2) is 5.43 Å². The molecule has 0 spiro atoms. The summed E-state index contributed by atoms with van der Waals surface area (Å²) in [7, 11) is 1.57. The van der Waals surface area contributed by atoms with Crippen LogP contribution in [0.4, 0.5) is 0 Å². The number of carbonyl (C=O) groups is 2. The van der Waals surface area contributed by atoms with Gasteiger partial charge >= 0.3 is 0 Å². The molecule has 8 nitrogen and oxygen atoms in total. The number of rotatable bonds is 13. The van der Waals surface area contributed by atoms with Gasteiger partial charge in [0.2, 0.25) is 0 Å². The van der Waals surface area contributed by atoms with Gasteiger partial charge in [0.05, 0.1) is 13.3 Å². The van der Waals surface area contributed by atoms with Crippen LogP contribution >= 0.6 is 0 Å². The van der Waals surface area contributed by atoms with E-state index < -0.39 is 11.9 Å². The highest BCUT2D eigenvalue weighted by Gasteiger charge is 2.22. The molecule has 39 heavy (non-hydrogen) atoms. The van der Waals surface area contributed by atoms with E-state index in [1.165, 1.54) is 11.8 Å². The van der Waals surface area contributed by atoms with Crippen molar-refractivity contribution in [2.75, 3.05) is 13.7 Å². The van der Waals surface area contributed by atoms with Gasteiger partial charge in [-0.15, -0.1) is 0 Å². The van der Waals surface area contributed by atoms with Crippen LogP contribution in [-0.2, 0) is 16.2 Å². The van der Waals surface area contributed by atoms with E-state index in [9.17, 15) is 9.59 Å². The molecule has 0 radical (unpaired) electrons. The molecule has 0 aliphatic rings. The average molecular weight is 532 g/mol. The van der Waals surface area contributed by atoms with Crippen LogP contribution in [0.15, 0.2) is 71.8 Å². The van der Waals surface area contributed by atoms with Crippen molar-refractivity contribution in [2.24, 2.45) is 11.0 Å². The number of benzene rings is 3. The molecule has 0 aliphatic carbocycles. The Kier molecular flexibility index (Phi) is 10.9. The van der Waals surface area contributed by atoms with E-state index in [-0.39, 0.29) is 18.4 Å². The van der Waals surface area contributed by atoms with Crippen LogP contribution in [0.3, 0.4) is 0 Å². The second kappa shape index (κ2) is 14.6.